The van der Waals surface area contributed by atoms with Gasteiger partial charge in [0.25, 0.3) is 5.91 Å². The highest BCUT2D eigenvalue weighted by molar-refractivity contribution is 7.89. The summed E-state index contributed by atoms with van der Waals surface area (Å²) in [5.41, 5.74) is 2.65. The predicted octanol–water partition coefficient (Wildman–Crippen LogP) is 1.16. The second kappa shape index (κ2) is 9.67. The summed E-state index contributed by atoms with van der Waals surface area (Å²) < 4.78 is 28.6. The van der Waals surface area contributed by atoms with E-state index >= 15 is 0 Å². The average Bonchev–Trinajstić information content (AvgIpc) is 3.21. The quantitative estimate of drug-likeness (QED) is 0.552. The number of sulfonamides is 1. The number of pyridine rings is 1. The Bertz CT molecular complexity index is 1220. The Labute approximate surface area is 193 Å². The van der Waals surface area contributed by atoms with Gasteiger partial charge in [0.2, 0.25) is 10.0 Å². The highest BCUT2D eigenvalue weighted by Crippen LogP contribution is 2.15. The van der Waals surface area contributed by atoms with E-state index in [0.717, 1.165) is 17.1 Å². The van der Waals surface area contributed by atoms with Crippen LogP contribution < -0.4 is 10.2 Å². The van der Waals surface area contributed by atoms with Crippen LogP contribution in [0.15, 0.2) is 48.7 Å². The van der Waals surface area contributed by atoms with E-state index in [2.05, 4.69) is 25.5 Å². The van der Waals surface area contributed by atoms with E-state index in [0.29, 0.717) is 31.9 Å². The normalized spacial score (nSPS) is 14.9. The van der Waals surface area contributed by atoms with Crippen molar-refractivity contribution in [1.29, 1.82) is 0 Å². The summed E-state index contributed by atoms with van der Waals surface area (Å²) in [6.45, 7) is 5.65. The zero-order valence-corrected chi connectivity index (χ0v) is 19.5. The van der Waals surface area contributed by atoms with Gasteiger partial charge in [-0.15, -0.1) is 5.10 Å². The van der Waals surface area contributed by atoms with Crippen molar-refractivity contribution in [2.75, 3.05) is 43.4 Å². The van der Waals surface area contributed by atoms with Crippen molar-refractivity contribution >= 4 is 21.7 Å². The lowest BCUT2D eigenvalue weighted by Crippen LogP contribution is -2.50. The van der Waals surface area contributed by atoms with Crippen molar-refractivity contribution in [3.8, 4) is 5.69 Å². The highest BCUT2D eigenvalue weighted by atomic mass is 32.2. The minimum Gasteiger partial charge on any atom is -0.354 e. The Morgan fingerprint density at radius 3 is 2.55 bits per heavy atom. The van der Waals surface area contributed by atoms with Gasteiger partial charge in [0.05, 0.1) is 17.1 Å². The molecule has 0 unspecified atom stereocenters. The molecular formula is C22H27N7O3S. The smallest absolute Gasteiger partial charge is 0.273 e. The maximum Gasteiger partial charge on any atom is 0.273 e. The SMILES string of the molecule is Cc1cccc(-n2nnc(C(=O)NCCS(=O)(=O)N3CCN(c4ccccn4)CC3)c2C)c1. The first-order chi connectivity index (χ1) is 15.8. The van der Waals surface area contributed by atoms with Crippen molar-refractivity contribution in [3.63, 3.8) is 0 Å². The number of aromatic nitrogens is 4. The molecule has 1 fully saturated rings. The lowest BCUT2D eigenvalue weighted by Gasteiger charge is -2.34. The number of hydrogen-bond acceptors (Lipinski definition) is 7. The average molecular weight is 470 g/mol. The van der Waals surface area contributed by atoms with Gasteiger partial charge in [-0.1, -0.05) is 23.4 Å². The predicted molar refractivity (Wildman–Crippen MR) is 125 cm³/mol. The van der Waals surface area contributed by atoms with Gasteiger partial charge in [-0.3, -0.25) is 4.79 Å². The number of rotatable bonds is 7. The summed E-state index contributed by atoms with van der Waals surface area (Å²) in [6.07, 6.45) is 1.72. The van der Waals surface area contributed by atoms with Crippen LogP contribution in [0.1, 0.15) is 21.7 Å². The first-order valence-corrected chi connectivity index (χ1v) is 12.4. The fraction of sp³-hybridized carbons (Fsp3) is 0.364. The molecule has 4 rings (SSSR count). The third-order valence-corrected chi connectivity index (χ3v) is 7.48. The van der Waals surface area contributed by atoms with E-state index in [-0.39, 0.29) is 18.0 Å². The molecule has 0 saturated carbocycles. The van der Waals surface area contributed by atoms with Gasteiger partial charge in [-0.2, -0.15) is 4.31 Å². The molecule has 1 aromatic carbocycles. The van der Waals surface area contributed by atoms with Crippen LogP contribution >= 0.6 is 0 Å². The number of anilines is 1. The topological polar surface area (TPSA) is 113 Å². The molecule has 1 aliphatic heterocycles. The first-order valence-electron chi connectivity index (χ1n) is 10.8. The molecule has 10 nitrogen and oxygen atoms in total. The molecule has 0 spiro atoms. The summed E-state index contributed by atoms with van der Waals surface area (Å²) in [7, 11) is -3.49. The van der Waals surface area contributed by atoms with E-state index in [9.17, 15) is 13.2 Å². The van der Waals surface area contributed by atoms with Crippen LogP contribution in [0.25, 0.3) is 5.69 Å². The molecule has 11 heteroatoms. The number of nitrogens with one attached hydrogen (secondary N) is 1. The van der Waals surface area contributed by atoms with Gasteiger partial charge in [0, 0.05) is 38.9 Å². The second-order valence-corrected chi connectivity index (χ2v) is 10.0. The number of hydrogen-bond donors (Lipinski definition) is 1. The Kier molecular flexibility index (Phi) is 6.70. The van der Waals surface area contributed by atoms with Gasteiger partial charge in [-0.05, 0) is 43.7 Å². The zero-order chi connectivity index (χ0) is 23.4. The molecule has 1 N–H and O–H groups in total. The zero-order valence-electron chi connectivity index (χ0n) is 18.7. The molecule has 2 aromatic heterocycles. The fourth-order valence-electron chi connectivity index (χ4n) is 3.79. The molecule has 33 heavy (non-hydrogen) atoms. The summed E-state index contributed by atoms with van der Waals surface area (Å²) in [4.78, 5) is 19.0. The maximum absolute atomic E-state index is 12.7. The minimum absolute atomic E-state index is 0.00162. The summed E-state index contributed by atoms with van der Waals surface area (Å²) in [6, 6.07) is 13.4. The first kappa shape index (κ1) is 22.9. The number of nitrogens with zero attached hydrogens (tertiary/aromatic N) is 6. The number of carbonyl (C=O) groups is 1. The number of piperazine rings is 1. The van der Waals surface area contributed by atoms with Gasteiger partial charge in [0.15, 0.2) is 5.69 Å². The molecule has 0 bridgehead atoms. The van der Waals surface area contributed by atoms with E-state index in [1.54, 1.807) is 17.8 Å². The summed E-state index contributed by atoms with van der Waals surface area (Å²) >= 11 is 0. The monoisotopic (exact) mass is 469 g/mol. The maximum atomic E-state index is 12.7. The Morgan fingerprint density at radius 1 is 1.06 bits per heavy atom. The largest absolute Gasteiger partial charge is 0.354 e. The lowest BCUT2D eigenvalue weighted by atomic mass is 10.2. The van der Waals surface area contributed by atoms with E-state index in [4.69, 9.17) is 0 Å². The molecule has 174 valence electrons. The van der Waals surface area contributed by atoms with Crippen LogP contribution in [-0.2, 0) is 10.0 Å². The number of benzene rings is 1. The van der Waals surface area contributed by atoms with Crippen molar-refractivity contribution < 1.29 is 13.2 Å². The highest BCUT2D eigenvalue weighted by Gasteiger charge is 2.27. The van der Waals surface area contributed by atoms with Gasteiger partial charge in [0.1, 0.15) is 5.82 Å². The number of aryl methyl sites for hydroxylation is 1. The van der Waals surface area contributed by atoms with Crippen molar-refractivity contribution in [3.05, 3.63) is 65.6 Å². The molecule has 3 heterocycles. The van der Waals surface area contributed by atoms with E-state index < -0.39 is 15.9 Å². The Balaban J connectivity index is 1.31. The van der Waals surface area contributed by atoms with Crippen LogP contribution in [0.2, 0.25) is 0 Å². The van der Waals surface area contributed by atoms with Crippen LogP contribution in [0.4, 0.5) is 5.82 Å². The van der Waals surface area contributed by atoms with Crippen molar-refractivity contribution in [2.45, 2.75) is 13.8 Å². The van der Waals surface area contributed by atoms with E-state index in [1.807, 2.05) is 49.4 Å². The molecule has 0 aliphatic carbocycles. The van der Waals surface area contributed by atoms with Crippen LogP contribution in [0, 0.1) is 13.8 Å². The molecule has 1 saturated heterocycles. The van der Waals surface area contributed by atoms with Gasteiger partial charge >= 0.3 is 0 Å². The summed E-state index contributed by atoms with van der Waals surface area (Å²) in [5.74, 6) is 0.227. The minimum atomic E-state index is -3.49. The second-order valence-electron chi connectivity index (χ2n) is 7.92. The number of amides is 1. The third-order valence-electron chi connectivity index (χ3n) is 5.61. The molecule has 3 aromatic rings. The van der Waals surface area contributed by atoms with Gasteiger partial charge in [-0.25, -0.2) is 18.1 Å². The molecule has 1 aliphatic rings. The third kappa shape index (κ3) is 5.20. The Morgan fingerprint density at radius 2 is 1.85 bits per heavy atom. The Hall–Kier alpha value is -3.31. The molecular weight excluding hydrogens is 442 g/mol. The van der Waals surface area contributed by atoms with E-state index in [1.165, 1.54) is 4.31 Å². The summed E-state index contributed by atoms with van der Waals surface area (Å²) in [5, 5.41) is 10.7. The van der Waals surface area contributed by atoms with Crippen LogP contribution in [0.3, 0.4) is 0 Å². The molecule has 0 radical (unpaired) electrons. The standard InChI is InChI=1S/C22H27N7O3S/c1-17-6-5-7-19(16-17)29-18(2)21(25-26-29)22(30)24-10-15-33(31,32)28-13-11-27(12-14-28)20-8-3-4-9-23-20/h3-9,16H,10-15H2,1-2H3,(H,24,30). The van der Waals surface area contributed by atoms with Gasteiger partial charge < -0.3 is 10.2 Å². The molecule has 1 amide bonds. The van der Waals surface area contributed by atoms with Crippen molar-refractivity contribution in [2.24, 2.45) is 0 Å². The molecule has 0 atom stereocenters. The lowest BCUT2D eigenvalue weighted by molar-refractivity contribution is 0.0950. The van der Waals surface area contributed by atoms with Crippen LogP contribution in [-0.4, -0.2) is 77.1 Å². The van der Waals surface area contributed by atoms with Crippen molar-refractivity contribution in [1.82, 2.24) is 29.6 Å². The number of carbonyl (C=O) groups excluding carboxylic acids is 1. The van der Waals surface area contributed by atoms with Crippen LogP contribution in [0.5, 0.6) is 0 Å². The fourth-order valence-corrected chi connectivity index (χ4v) is 5.12.